The van der Waals surface area contributed by atoms with Crippen LogP contribution in [0, 0.1) is 13.8 Å². The van der Waals surface area contributed by atoms with Crippen LogP contribution in [0.2, 0.25) is 10.0 Å². The first-order chi connectivity index (χ1) is 16.8. The summed E-state index contributed by atoms with van der Waals surface area (Å²) >= 11 is 12.8. The third-order valence-corrected chi connectivity index (χ3v) is 7.92. The lowest BCUT2D eigenvalue weighted by Gasteiger charge is -2.34. The van der Waals surface area contributed by atoms with Gasteiger partial charge in [0.1, 0.15) is 12.6 Å². The Morgan fingerprint density at radius 2 is 1.64 bits per heavy atom. The molecule has 2 amide bonds. The molecule has 0 fully saturated rings. The summed E-state index contributed by atoms with van der Waals surface area (Å²) in [4.78, 5) is 28.4. The number of halogens is 2. The molecule has 0 spiro atoms. The van der Waals surface area contributed by atoms with Crippen molar-refractivity contribution in [2.24, 2.45) is 0 Å². The minimum Gasteiger partial charge on any atom is -0.352 e. The molecule has 2 rings (SSSR count). The van der Waals surface area contributed by atoms with Gasteiger partial charge in [0.15, 0.2) is 0 Å². The van der Waals surface area contributed by atoms with Gasteiger partial charge >= 0.3 is 0 Å². The van der Waals surface area contributed by atoms with Crippen LogP contribution in [0.5, 0.6) is 0 Å². The van der Waals surface area contributed by atoms with Crippen LogP contribution in [-0.4, -0.2) is 50.0 Å². The van der Waals surface area contributed by atoms with Crippen molar-refractivity contribution in [1.82, 2.24) is 10.2 Å². The predicted molar refractivity (Wildman–Crippen MR) is 147 cm³/mol. The Hall–Kier alpha value is -2.29. The number of amides is 2. The number of anilines is 1. The third kappa shape index (κ3) is 7.60. The molecule has 2 aromatic carbocycles. The summed E-state index contributed by atoms with van der Waals surface area (Å²) in [5, 5.41) is 3.64. The average molecular weight is 557 g/mol. The number of carbonyl (C=O) groups is 2. The van der Waals surface area contributed by atoms with Gasteiger partial charge < -0.3 is 10.2 Å². The molecular weight excluding hydrogens is 521 g/mol. The van der Waals surface area contributed by atoms with Crippen LogP contribution in [0.4, 0.5) is 5.69 Å². The highest BCUT2D eigenvalue weighted by molar-refractivity contribution is 7.92. The lowest BCUT2D eigenvalue weighted by molar-refractivity contribution is -0.140. The van der Waals surface area contributed by atoms with Crippen LogP contribution in [0.1, 0.15) is 50.3 Å². The van der Waals surface area contributed by atoms with Gasteiger partial charge in [-0.15, -0.1) is 0 Å². The molecule has 7 nitrogen and oxygen atoms in total. The van der Waals surface area contributed by atoms with E-state index in [1.165, 1.54) is 4.90 Å². The molecular formula is C26H35Cl2N3O4S. The zero-order valence-electron chi connectivity index (χ0n) is 21.6. The van der Waals surface area contributed by atoms with Crippen molar-refractivity contribution in [3.8, 4) is 0 Å². The van der Waals surface area contributed by atoms with E-state index in [2.05, 4.69) is 5.32 Å². The molecule has 0 heterocycles. The highest BCUT2D eigenvalue weighted by Crippen LogP contribution is 2.28. The van der Waals surface area contributed by atoms with Crippen LogP contribution in [0.25, 0.3) is 0 Å². The second kappa shape index (κ2) is 12.8. The Morgan fingerprint density at radius 3 is 2.17 bits per heavy atom. The number of nitrogens with one attached hydrogen (secondary N) is 1. The summed E-state index contributed by atoms with van der Waals surface area (Å²) in [6, 6.07) is 9.48. The van der Waals surface area contributed by atoms with Gasteiger partial charge in [-0.25, -0.2) is 8.42 Å². The van der Waals surface area contributed by atoms with Crippen molar-refractivity contribution in [1.29, 1.82) is 0 Å². The first-order valence-corrected chi connectivity index (χ1v) is 14.5. The fraction of sp³-hybridized carbons (Fsp3) is 0.462. The fourth-order valence-electron chi connectivity index (χ4n) is 3.80. The van der Waals surface area contributed by atoms with Crippen LogP contribution in [0.15, 0.2) is 36.4 Å². The summed E-state index contributed by atoms with van der Waals surface area (Å²) in [6.07, 6.45) is 2.10. The Bertz CT molecular complexity index is 1180. The van der Waals surface area contributed by atoms with Crippen molar-refractivity contribution in [3.63, 3.8) is 0 Å². The molecule has 1 N–H and O–H groups in total. The molecule has 0 bridgehead atoms. The molecule has 0 saturated carbocycles. The maximum absolute atomic E-state index is 13.8. The fourth-order valence-corrected chi connectivity index (χ4v) is 5.21. The van der Waals surface area contributed by atoms with E-state index >= 15 is 0 Å². The standard InChI is InChI=1S/C26H35Cl2N3O4S/c1-7-19(5)29-26(33)23(8-2)30(15-20-21(27)10-9-11-22(20)28)25(32)16-31(36(6,34)35)24-14-17(3)12-13-18(24)4/h9-14,19,23H,7-8,15-16H2,1-6H3,(H,29,33)/t19-,23+/m1/s1. The van der Waals surface area contributed by atoms with Gasteiger partial charge in [0.2, 0.25) is 21.8 Å². The maximum Gasteiger partial charge on any atom is 0.244 e. The van der Waals surface area contributed by atoms with E-state index in [9.17, 15) is 18.0 Å². The second-order valence-corrected chi connectivity index (χ2v) is 11.7. The Labute approximate surface area is 224 Å². The summed E-state index contributed by atoms with van der Waals surface area (Å²) in [6.45, 7) is 8.75. The van der Waals surface area contributed by atoms with E-state index in [0.717, 1.165) is 22.5 Å². The smallest absolute Gasteiger partial charge is 0.244 e. The molecule has 0 aliphatic rings. The zero-order chi connectivity index (χ0) is 27.2. The van der Waals surface area contributed by atoms with E-state index < -0.39 is 28.5 Å². The largest absolute Gasteiger partial charge is 0.352 e. The summed E-state index contributed by atoms with van der Waals surface area (Å²) < 4.78 is 26.7. The summed E-state index contributed by atoms with van der Waals surface area (Å²) in [7, 11) is -3.82. The lowest BCUT2D eigenvalue weighted by atomic mass is 10.1. The maximum atomic E-state index is 13.8. The molecule has 0 unspecified atom stereocenters. The van der Waals surface area contributed by atoms with Crippen LogP contribution in [-0.2, 0) is 26.2 Å². The quantitative estimate of drug-likeness (QED) is 0.418. The van der Waals surface area contributed by atoms with Crippen molar-refractivity contribution >= 4 is 50.7 Å². The number of nitrogens with zero attached hydrogens (tertiary/aromatic N) is 2. The molecule has 2 atom stereocenters. The number of hydrogen-bond acceptors (Lipinski definition) is 4. The first-order valence-electron chi connectivity index (χ1n) is 11.9. The van der Waals surface area contributed by atoms with E-state index in [1.54, 1.807) is 38.1 Å². The molecule has 0 aliphatic heterocycles. The molecule has 0 aliphatic carbocycles. The molecule has 10 heteroatoms. The number of rotatable bonds is 11. The van der Waals surface area contributed by atoms with Gasteiger partial charge in [0.05, 0.1) is 11.9 Å². The van der Waals surface area contributed by atoms with Gasteiger partial charge in [-0.1, -0.05) is 55.2 Å². The third-order valence-electron chi connectivity index (χ3n) is 6.09. The molecule has 0 saturated heterocycles. The Kier molecular flexibility index (Phi) is 10.6. The SMILES string of the molecule is CC[C@@H](C)NC(=O)[C@H](CC)N(Cc1c(Cl)cccc1Cl)C(=O)CN(c1cc(C)ccc1C)S(C)(=O)=O. The lowest BCUT2D eigenvalue weighted by Crippen LogP contribution is -2.53. The van der Waals surface area contributed by atoms with Gasteiger partial charge in [0, 0.05) is 28.2 Å². The Balaban J connectivity index is 2.55. The summed E-state index contributed by atoms with van der Waals surface area (Å²) in [5.74, 6) is -0.857. The molecule has 2 aromatic rings. The topological polar surface area (TPSA) is 86.8 Å². The number of benzene rings is 2. The average Bonchev–Trinajstić information content (AvgIpc) is 2.79. The van der Waals surface area contributed by atoms with Crippen molar-refractivity contribution in [2.75, 3.05) is 17.1 Å². The van der Waals surface area contributed by atoms with E-state index in [0.29, 0.717) is 33.3 Å². The van der Waals surface area contributed by atoms with Gasteiger partial charge in [-0.2, -0.15) is 0 Å². The monoisotopic (exact) mass is 555 g/mol. The first kappa shape index (κ1) is 29.9. The van der Waals surface area contributed by atoms with Gasteiger partial charge in [0.25, 0.3) is 0 Å². The summed E-state index contributed by atoms with van der Waals surface area (Å²) in [5.41, 5.74) is 2.47. The minimum atomic E-state index is -3.82. The van der Waals surface area contributed by atoms with Crippen molar-refractivity contribution < 1.29 is 18.0 Å². The Morgan fingerprint density at radius 1 is 1.03 bits per heavy atom. The molecule has 0 radical (unpaired) electrons. The number of sulfonamides is 1. The van der Waals surface area contributed by atoms with E-state index in [4.69, 9.17) is 23.2 Å². The molecule has 36 heavy (non-hydrogen) atoms. The zero-order valence-corrected chi connectivity index (χ0v) is 24.0. The molecule has 0 aromatic heterocycles. The minimum absolute atomic E-state index is 0.0474. The van der Waals surface area contributed by atoms with Crippen LogP contribution in [0.3, 0.4) is 0 Å². The number of carbonyl (C=O) groups excluding carboxylic acids is 2. The highest BCUT2D eigenvalue weighted by atomic mass is 35.5. The normalized spacial score (nSPS) is 13.1. The number of hydrogen-bond donors (Lipinski definition) is 1. The van der Waals surface area contributed by atoms with Gasteiger partial charge in [-0.05, 0) is 62.9 Å². The molecule has 198 valence electrons. The van der Waals surface area contributed by atoms with E-state index in [-0.39, 0.29) is 18.5 Å². The van der Waals surface area contributed by atoms with E-state index in [1.807, 2.05) is 32.9 Å². The van der Waals surface area contributed by atoms with Crippen molar-refractivity contribution in [3.05, 3.63) is 63.1 Å². The number of aryl methyl sites for hydroxylation is 2. The predicted octanol–water partition coefficient (Wildman–Crippen LogP) is 5.10. The highest BCUT2D eigenvalue weighted by Gasteiger charge is 2.33. The second-order valence-electron chi connectivity index (χ2n) is 9.02. The van der Waals surface area contributed by atoms with Crippen molar-refractivity contribution in [2.45, 2.75) is 66.1 Å². The van der Waals surface area contributed by atoms with Crippen LogP contribution >= 0.6 is 23.2 Å². The van der Waals surface area contributed by atoms with Gasteiger partial charge in [-0.3, -0.25) is 13.9 Å². The van der Waals surface area contributed by atoms with Crippen LogP contribution < -0.4 is 9.62 Å².